The summed E-state index contributed by atoms with van der Waals surface area (Å²) < 4.78 is 0. The Morgan fingerprint density at radius 3 is 1.60 bits per heavy atom. The lowest BCUT2D eigenvalue weighted by Crippen LogP contribution is -2.48. The zero-order chi connectivity index (χ0) is 19.9. The van der Waals surface area contributed by atoms with Crippen molar-refractivity contribution in [2.75, 3.05) is 5.32 Å². The first-order chi connectivity index (χ1) is 14.5. The Morgan fingerprint density at radius 2 is 1.13 bits per heavy atom. The van der Waals surface area contributed by atoms with Gasteiger partial charge in [0.1, 0.15) is 0 Å². The van der Waals surface area contributed by atoms with Gasteiger partial charge in [-0.1, -0.05) is 12.1 Å². The summed E-state index contributed by atoms with van der Waals surface area (Å²) in [5.41, 5.74) is 3.35. The van der Waals surface area contributed by atoms with E-state index >= 15 is 0 Å². The van der Waals surface area contributed by atoms with Crippen molar-refractivity contribution in [3.05, 3.63) is 29.8 Å². The lowest BCUT2D eigenvalue weighted by Gasteiger charge is -2.57. The SMILES string of the molecule is O=C(CC12CC3CC(CC(C3)C1)C2)Nc1ccc(C23CC4CC(CC(C4)C2)C3)cc1. The van der Waals surface area contributed by atoms with E-state index in [0.717, 1.165) is 47.6 Å². The molecular formula is C28H37NO. The van der Waals surface area contributed by atoms with Crippen LogP contribution < -0.4 is 5.32 Å². The monoisotopic (exact) mass is 403 g/mol. The summed E-state index contributed by atoms with van der Waals surface area (Å²) in [5, 5.41) is 3.28. The van der Waals surface area contributed by atoms with Crippen LogP contribution in [0.25, 0.3) is 0 Å². The number of benzene rings is 1. The van der Waals surface area contributed by atoms with Gasteiger partial charge in [0.15, 0.2) is 0 Å². The third-order valence-corrected chi connectivity index (χ3v) is 10.5. The molecule has 2 heteroatoms. The summed E-state index contributed by atoms with van der Waals surface area (Å²) in [6, 6.07) is 9.11. The van der Waals surface area contributed by atoms with Crippen molar-refractivity contribution in [2.45, 2.75) is 88.9 Å². The normalized spacial score (nSPS) is 47.6. The maximum absolute atomic E-state index is 13.0. The van der Waals surface area contributed by atoms with E-state index in [0.29, 0.717) is 10.8 Å². The molecular weight excluding hydrogens is 366 g/mol. The van der Waals surface area contributed by atoms with Crippen molar-refractivity contribution in [3.63, 3.8) is 0 Å². The van der Waals surface area contributed by atoms with Crippen molar-refractivity contribution in [2.24, 2.45) is 40.9 Å². The second kappa shape index (κ2) is 6.36. The molecule has 1 amide bonds. The molecule has 8 fully saturated rings. The van der Waals surface area contributed by atoms with Gasteiger partial charge in [-0.05, 0) is 141 Å². The van der Waals surface area contributed by atoms with Crippen LogP contribution in [-0.4, -0.2) is 5.91 Å². The molecule has 2 nitrogen and oxygen atoms in total. The van der Waals surface area contributed by atoms with Gasteiger partial charge in [0.2, 0.25) is 5.91 Å². The lowest BCUT2D eigenvalue weighted by atomic mass is 9.48. The smallest absolute Gasteiger partial charge is 0.224 e. The van der Waals surface area contributed by atoms with Gasteiger partial charge in [-0.3, -0.25) is 4.79 Å². The second-order valence-electron chi connectivity index (χ2n) is 12.9. The molecule has 8 bridgehead atoms. The van der Waals surface area contributed by atoms with Gasteiger partial charge in [0.25, 0.3) is 0 Å². The Labute approximate surface area is 181 Å². The second-order valence-corrected chi connectivity index (χ2v) is 12.9. The van der Waals surface area contributed by atoms with E-state index in [9.17, 15) is 4.79 Å². The van der Waals surface area contributed by atoms with E-state index in [2.05, 4.69) is 29.6 Å². The number of hydrogen-bond acceptors (Lipinski definition) is 1. The molecule has 0 heterocycles. The zero-order valence-corrected chi connectivity index (χ0v) is 18.4. The molecule has 0 aromatic heterocycles. The summed E-state index contributed by atoms with van der Waals surface area (Å²) in [4.78, 5) is 13.0. The van der Waals surface area contributed by atoms with Crippen LogP contribution >= 0.6 is 0 Å². The van der Waals surface area contributed by atoms with Gasteiger partial charge in [-0.2, -0.15) is 0 Å². The highest BCUT2D eigenvalue weighted by Gasteiger charge is 2.52. The molecule has 0 radical (unpaired) electrons. The Balaban J connectivity index is 1.04. The van der Waals surface area contributed by atoms with E-state index in [-0.39, 0.29) is 5.91 Å². The summed E-state index contributed by atoms with van der Waals surface area (Å²) in [7, 11) is 0. The van der Waals surface area contributed by atoms with Crippen LogP contribution in [0.15, 0.2) is 24.3 Å². The topological polar surface area (TPSA) is 29.1 Å². The molecule has 0 spiro atoms. The summed E-state index contributed by atoms with van der Waals surface area (Å²) in [5.74, 6) is 5.97. The van der Waals surface area contributed by atoms with Crippen molar-refractivity contribution >= 4 is 11.6 Å². The molecule has 160 valence electrons. The van der Waals surface area contributed by atoms with Crippen molar-refractivity contribution in [1.82, 2.24) is 0 Å². The quantitative estimate of drug-likeness (QED) is 0.595. The maximum atomic E-state index is 13.0. The molecule has 1 aromatic carbocycles. The first kappa shape index (κ1) is 18.3. The Bertz CT molecular complexity index is 781. The number of anilines is 1. The van der Waals surface area contributed by atoms with Crippen LogP contribution in [0.2, 0.25) is 0 Å². The van der Waals surface area contributed by atoms with E-state index in [1.807, 2.05) is 0 Å². The fourth-order valence-corrected chi connectivity index (χ4v) is 10.4. The van der Waals surface area contributed by atoms with Crippen LogP contribution in [0.1, 0.15) is 89.0 Å². The number of carbonyl (C=O) groups is 1. The number of hydrogen-bond donors (Lipinski definition) is 1. The predicted molar refractivity (Wildman–Crippen MR) is 120 cm³/mol. The van der Waals surface area contributed by atoms with Crippen LogP contribution in [0.5, 0.6) is 0 Å². The molecule has 8 aliphatic carbocycles. The van der Waals surface area contributed by atoms with Gasteiger partial charge in [0, 0.05) is 12.1 Å². The van der Waals surface area contributed by atoms with Crippen molar-refractivity contribution in [1.29, 1.82) is 0 Å². The highest BCUT2D eigenvalue weighted by molar-refractivity contribution is 5.91. The van der Waals surface area contributed by atoms with Gasteiger partial charge < -0.3 is 5.32 Å². The van der Waals surface area contributed by atoms with Gasteiger partial charge in [-0.15, -0.1) is 0 Å². The third kappa shape index (κ3) is 2.92. The average Bonchev–Trinajstić information content (AvgIpc) is 2.65. The fourth-order valence-electron chi connectivity index (χ4n) is 10.4. The Kier molecular flexibility index (Phi) is 3.88. The van der Waals surface area contributed by atoms with E-state index < -0.39 is 0 Å². The minimum atomic E-state index is 0.263. The molecule has 9 rings (SSSR count). The van der Waals surface area contributed by atoms with Crippen molar-refractivity contribution < 1.29 is 4.79 Å². The molecule has 8 saturated carbocycles. The molecule has 0 aliphatic heterocycles. The summed E-state index contributed by atoms with van der Waals surface area (Å²) in [6.07, 6.45) is 17.8. The molecule has 0 atom stereocenters. The van der Waals surface area contributed by atoms with E-state index in [4.69, 9.17) is 0 Å². The van der Waals surface area contributed by atoms with E-state index in [1.165, 1.54) is 77.0 Å². The lowest BCUT2D eigenvalue weighted by molar-refractivity contribution is -0.124. The fraction of sp³-hybridized carbons (Fsp3) is 0.750. The van der Waals surface area contributed by atoms with Crippen molar-refractivity contribution in [3.8, 4) is 0 Å². The third-order valence-electron chi connectivity index (χ3n) is 10.5. The minimum Gasteiger partial charge on any atom is -0.326 e. The Hall–Kier alpha value is -1.31. The zero-order valence-electron chi connectivity index (χ0n) is 18.4. The molecule has 8 aliphatic rings. The van der Waals surface area contributed by atoms with Crippen LogP contribution in [0.4, 0.5) is 5.69 Å². The largest absolute Gasteiger partial charge is 0.326 e. The Morgan fingerprint density at radius 1 is 0.700 bits per heavy atom. The minimum absolute atomic E-state index is 0.263. The first-order valence-electron chi connectivity index (χ1n) is 13.0. The van der Waals surface area contributed by atoms with Gasteiger partial charge in [0.05, 0.1) is 0 Å². The van der Waals surface area contributed by atoms with Gasteiger partial charge >= 0.3 is 0 Å². The number of nitrogens with one attached hydrogen (secondary N) is 1. The number of carbonyl (C=O) groups excluding carboxylic acids is 1. The highest BCUT2D eigenvalue weighted by Crippen LogP contribution is 2.62. The van der Waals surface area contributed by atoms with Crippen LogP contribution in [-0.2, 0) is 10.2 Å². The number of amides is 1. The molecule has 1 N–H and O–H groups in total. The highest BCUT2D eigenvalue weighted by atomic mass is 16.1. The summed E-state index contributed by atoms with van der Waals surface area (Å²) in [6.45, 7) is 0. The molecule has 0 saturated heterocycles. The molecule has 30 heavy (non-hydrogen) atoms. The molecule has 0 unspecified atom stereocenters. The van der Waals surface area contributed by atoms with Gasteiger partial charge in [-0.25, -0.2) is 0 Å². The van der Waals surface area contributed by atoms with Crippen LogP contribution in [0, 0.1) is 40.9 Å². The first-order valence-corrected chi connectivity index (χ1v) is 13.0. The predicted octanol–water partition coefficient (Wildman–Crippen LogP) is 6.70. The van der Waals surface area contributed by atoms with E-state index in [1.54, 1.807) is 5.56 Å². The average molecular weight is 404 g/mol. The maximum Gasteiger partial charge on any atom is 0.224 e. The summed E-state index contributed by atoms with van der Waals surface area (Å²) >= 11 is 0. The molecule has 1 aromatic rings. The number of rotatable bonds is 4. The standard InChI is InChI=1S/C28H37NO/c30-26(17-27-11-18-5-19(12-27)7-20(6-18)13-27)29-25-3-1-24(2-4-25)28-14-21-8-22(15-28)10-23(9-21)16-28/h1-4,18-23H,5-17H2,(H,29,30). The van der Waals surface area contributed by atoms with Crippen LogP contribution in [0.3, 0.4) is 0 Å².